The van der Waals surface area contributed by atoms with Gasteiger partial charge in [-0.15, -0.1) is 11.3 Å². The Hall–Kier alpha value is -3.45. The molecule has 1 aromatic carbocycles. The zero-order valence-corrected chi connectivity index (χ0v) is 20.1. The molecule has 4 aromatic rings. The highest BCUT2D eigenvalue weighted by atomic mass is 32.1. The van der Waals surface area contributed by atoms with Gasteiger partial charge in [-0.1, -0.05) is 38.0 Å². The van der Waals surface area contributed by atoms with Gasteiger partial charge in [0.2, 0.25) is 0 Å². The Morgan fingerprint density at radius 2 is 2.06 bits per heavy atom. The standard InChI is InChI=1S/C27H27N3O3S/c1-3-6-16-10-11-18-23(13-16)34-27(24(18)25(28)31)30-26(32)19-14-21(22-12-9-15(2)33-22)29-20-8-5-4-7-17(19)20/h4-5,7-9,12,14,16H,3,6,10-11,13H2,1-2H3,(H2,28,31)(H,30,32). The average Bonchev–Trinajstić information content (AvgIpc) is 3.41. The third-order valence-corrected chi connectivity index (χ3v) is 7.66. The SMILES string of the molecule is CCCC1CCc2c(sc(NC(=O)c3cc(-c4ccc(C)o4)nc4ccccc34)c2C(N)=O)C1. The fourth-order valence-corrected chi connectivity index (χ4v) is 6.25. The Morgan fingerprint density at radius 3 is 2.79 bits per heavy atom. The van der Waals surface area contributed by atoms with Gasteiger partial charge in [-0.25, -0.2) is 4.98 Å². The fourth-order valence-electron chi connectivity index (χ4n) is 4.89. The van der Waals surface area contributed by atoms with Crippen molar-refractivity contribution >= 4 is 39.1 Å². The Balaban J connectivity index is 1.54. The number of carbonyl (C=O) groups excluding carboxylic acids is 2. The Labute approximate surface area is 202 Å². The highest BCUT2D eigenvalue weighted by molar-refractivity contribution is 7.17. The van der Waals surface area contributed by atoms with Gasteiger partial charge in [-0.2, -0.15) is 0 Å². The van der Waals surface area contributed by atoms with Crippen molar-refractivity contribution in [1.82, 2.24) is 4.98 Å². The van der Waals surface area contributed by atoms with Crippen LogP contribution in [0.25, 0.3) is 22.4 Å². The second-order valence-electron chi connectivity index (χ2n) is 8.91. The maximum atomic E-state index is 13.6. The van der Waals surface area contributed by atoms with Crippen LogP contribution in [-0.4, -0.2) is 16.8 Å². The predicted octanol–water partition coefficient (Wildman–Crippen LogP) is 6.12. The monoisotopic (exact) mass is 473 g/mol. The minimum Gasteiger partial charge on any atom is -0.460 e. The molecule has 3 N–H and O–H groups in total. The fraction of sp³-hybridized carbons (Fsp3) is 0.296. The second kappa shape index (κ2) is 9.06. The first kappa shape index (κ1) is 22.3. The molecule has 0 saturated carbocycles. The van der Waals surface area contributed by atoms with E-state index in [4.69, 9.17) is 10.2 Å². The van der Waals surface area contributed by atoms with E-state index in [0.717, 1.165) is 42.4 Å². The highest BCUT2D eigenvalue weighted by Gasteiger charge is 2.29. The number of fused-ring (bicyclic) bond motifs is 2. The normalized spacial score (nSPS) is 15.3. The lowest BCUT2D eigenvalue weighted by molar-refractivity contribution is 0.1000. The zero-order chi connectivity index (χ0) is 23.8. The molecule has 1 aliphatic rings. The number of furan rings is 1. The van der Waals surface area contributed by atoms with E-state index in [1.807, 2.05) is 43.3 Å². The van der Waals surface area contributed by atoms with E-state index in [9.17, 15) is 9.59 Å². The maximum absolute atomic E-state index is 13.6. The van der Waals surface area contributed by atoms with Crippen LogP contribution in [-0.2, 0) is 12.8 Å². The molecule has 1 aliphatic carbocycles. The molecule has 0 aliphatic heterocycles. The molecule has 1 atom stereocenters. The van der Waals surface area contributed by atoms with Gasteiger partial charge in [0.15, 0.2) is 5.76 Å². The summed E-state index contributed by atoms with van der Waals surface area (Å²) < 4.78 is 5.75. The maximum Gasteiger partial charge on any atom is 0.257 e. The molecule has 0 fully saturated rings. The molecular weight excluding hydrogens is 446 g/mol. The van der Waals surface area contributed by atoms with Gasteiger partial charge in [0.05, 0.1) is 16.6 Å². The van der Waals surface area contributed by atoms with Crippen molar-refractivity contribution in [2.24, 2.45) is 11.7 Å². The number of aromatic nitrogens is 1. The minimum atomic E-state index is -0.493. The van der Waals surface area contributed by atoms with Crippen molar-refractivity contribution in [3.63, 3.8) is 0 Å². The lowest BCUT2D eigenvalue weighted by Gasteiger charge is -2.21. The molecule has 7 heteroatoms. The van der Waals surface area contributed by atoms with Crippen molar-refractivity contribution in [3.8, 4) is 11.5 Å². The Bertz CT molecular complexity index is 1400. The van der Waals surface area contributed by atoms with E-state index in [2.05, 4.69) is 17.2 Å². The molecule has 174 valence electrons. The summed E-state index contributed by atoms with van der Waals surface area (Å²) in [4.78, 5) is 31.8. The number of aryl methyl sites for hydroxylation is 1. The summed E-state index contributed by atoms with van der Waals surface area (Å²) in [5, 5.41) is 4.28. The van der Waals surface area contributed by atoms with Crippen molar-refractivity contribution in [3.05, 3.63) is 69.8 Å². The van der Waals surface area contributed by atoms with Crippen molar-refractivity contribution in [2.75, 3.05) is 5.32 Å². The van der Waals surface area contributed by atoms with E-state index < -0.39 is 5.91 Å². The molecule has 0 bridgehead atoms. The molecule has 1 unspecified atom stereocenters. The summed E-state index contributed by atoms with van der Waals surface area (Å²) in [7, 11) is 0. The number of amides is 2. The molecule has 3 aromatic heterocycles. The van der Waals surface area contributed by atoms with Gasteiger partial charge in [-0.05, 0) is 61.9 Å². The quantitative estimate of drug-likeness (QED) is 0.352. The minimum absolute atomic E-state index is 0.297. The van der Waals surface area contributed by atoms with Crippen molar-refractivity contribution in [2.45, 2.75) is 46.0 Å². The number of nitrogens with one attached hydrogen (secondary N) is 1. The van der Waals surface area contributed by atoms with Gasteiger partial charge in [-0.3, -0.25) is 9.59 Å². The van der Waals surface area contributed by atoms with Crippen molar-refractivity contribution in [1.29, 1.82) is 0 Å². The Kier molecular flexibility index (Phi) is 5.96. The van der Waals surface area contributed by atoms with Crippen molar-refractivity contribution < 1.29 is 14.0 Å². The summed E-state index contributed by atoms with van der Waals surface area (Å²) in [6.07, 6.45) is 5.12. The lowest BCUT2D eigenvalue weighted by Crippen LogP contribution is -2.20. The molecule has 5 rings (SSSR count). The number of carbonyl (C=O) groups is 2. The molecule has 0 saturated heterocycles. The van der Waals surface area contributed by atoms with Crippen LogP contribution in [0.4, 0.5) is 5.00 Å². The van der Waals surface area contributed by atoms with Crippen LogP contribution in [0.5, 0.6) is 0 Å². The number of para-hydroxylation sites is 1. The first-order valence-electron chi connectivity index (χ1n) is 11.7. The van der Waals surface area contributed by atoms with Crippen LogP contribution in [0, 0.1) is 12.8 Å². The highest BCUT2D eigenvalue weighted by Crippen LogP contribution is 2.41. The average molecular weight is 474 g/mol. The van der Waals surface area contributed by atoms with E-state index in [0.29, 0.717) is 39.0 Å². The summed E-state index contributed by atoms with van der Waals surface area (Å²) in [6.45, 7) is 4.06. The molecule has 34 heavy (non-hydrogen) atoms. The Morgan fingerprint density at radius 1 is 1.24 bits per heavy atom. The van der Waals surface area contributed by atoms with E-state index in [-0.39, 0.29) is 5.91 Å². The number of primary amides is 1. The summed E-state index contributed by atoms with van der Waals surface area (Å²) in [5.41, 5.74) is 9.00. The van der Waals surface area contributed by atoms with Gasteiger partial charge in [0.1, 0.15) is 16.5 Å². The van der Waals surface area contributed by atoms with Crippen LogP contribution in [0.1, 0.15) is 63.1 Å². The molecular formula is C27H27N3O3S. The van der Waals surface area contributed by atoms with Gasteiger partial charge >= 0.3 is 0 Å². The van der Waals surface area contributed by atoms with Crippen LogP contribution in [0.3, 0.4) is 0 Å². The van der Waals surface area contributed by atoms with Gasteiger partial charge < -0.3 is 15.5 Å². The van der Waals surface area contributed by atoms with E-state index in [1.54, 1.807) is 6.07 Å². The van der Waals surface area contributed by atoms with Gasteiger partial charge in [0.25, 0.3) is 11.8 Å². The topological polar surface area (TPSA) is 98.2 Å². The number of rotatable bonds is 6. The smallest absolute Gasteiger partial charge is 0.257 e. The molecule has 2 amide bonds. The van der Waals surface area contributed by atoms with E-state index >= 15 is 0 Å². The first-order chi connectivity index (χ1) is 16.4. The van der Waals surface area contributed by atoms with Crippen LogP contribution >= 0.6 is 11.3 Å². The number of nitrogens with two attached hydrogens (primary N) is 1. The number of anilines is 1. The van der Waals surface area contributed by atoms with Crippen LogP contribution < -0.4 is 11.1 Å². The molecule has 6 nitrogen and oxygen atoms in total. The molecule has 0 radical (unpaired) electrons. The number of nitrogens with zero attached hydrogens (tertiary/aromatic N) is 1. The predicted molar refractivity (Wildman–Crippen MR) is 135 cm³/mol. The molecule has 3 heterocycles. The van der Waals surface area contributed by atoms with Crippen LogP contribution in [0.2, 0.25) is 0 Å². The summed E-state index contributed by atoms with van der Waals surface area (Å²) in [6, 6.07) is 13.0. The number of hydrogen-bond donors (Lipinski definition) is 2. The first-order valence-corrected chi connectivity index (χ1v) is 12.5. The van der Waals surface area contributed by atoms with E-state index in [1.165, 1.54) is 22.6 Å². The third-order valence-electron chi connectivity index (χ3n) is 6.49. The molecule has 0 spiro atoms. The largest absolute Gasteiger partial charge is 0.460 e. The van der Waals surface area contributed by atoms with Crippen LogP contribution in [0.15, 0.2) is 46.9 Å². The summed E-state index contributed by atoms with van der Waals surface area (Å²) >= 11 is 1.49. The number of benzene rings is 1. The zero-order valence-electron chi connectivity index (χ0n) is 19.3. The number of pyridine rings is 1. The number of thiophene rings is 1. The third kappa shape index (κ3) is 4.12. The summed E-state index contributed by atoms with van der Waals surface area (Å²) in [5.74, 6) is 1.20. The van der Waals surface area contributed by atoms with Gasteiger partial charge in [0, 0.05) is 10.3 Å². The second-order valence-corrected chi connectivity index (χ2v) is 10.0. The lowest BCUT2D eigenvalue weighted by atomic mass is 9.84. The number of hydrogen-bond acceptors (Lipinski definition) is 5.